The van der Waals surface area contributed by atoms with Crippen molar-refractivity contribution >= 4 is 0 Å². The standard InChI is InChI=1S/C7H8O/c1-4-6-7(5-2)8-3/h1-2,7H,6H2,3H3. The van der Waals surface area contributed by atoms with Gasteiger partial charge in [-0.3, -0.25) is 0 Å². The molecule has 0 saturated heterocycles. The number of hydrogen-bond donors (Lipinski definition) is 0. The Morgan fingerprint density at radius 1 is 1.62 bits per heavy atom. The maximum atomic E-state index is 5.00. The van der Waals surface area contributed by atoms with Crippen LogP contribution < -0.4 is 0 Å². The molecule has 0 N–H and O–H groups in total. The molecule has 0 aromatic carbocycles. The van der Waals surface area contributed by atoms with E-state index in [0.717, 1.165) is 0 Å². The lowest BCUT2D eigenvalue weighted by atomic mass is 10.3. The van der Waals surface area contributed by atoms with E-state index >= 15 is 0 Å². The van der Waals surface area contributed by atoms with Crippen LogP contribution in [-0.4, -0.2) is 13.2 Å². The van der Waals surface area contributed by atoms with Gasteiger partial charge in [0.25, 0.3) is 0 Å². The highest BCUT2D eigenvalue weighted by atomic mass is 16.5. The van der Waals surface area contributed by atoms with E-state index in [4.69, 9.17) is 17.6 Å². The van der Waals surface area contributed by atoms with E-state index in [9.17, 15) is 0 Å². The summed E-state index contributed by atoms with van der Waals surface area (Å²) in [6.07, 6.45) is 10.2. The van der Waals surface area contributed by atoms with E-state index in [0.29, 0.717) is 6.42 Å². The highest BCUT2D eigenvalue weighted by molar-refractivity contribution is 5.01. The normalized spacial score (nSPS) is 11.4. The monoisotopic (exact) mass is 108 g/mol. The van der Waals surface area contributed by atoms with Crippen molar-refractivity contribution in [1.29, 1.82) is 0 Å². The molecule has 0 saturated carbocycles. The summed E-state index contributed by atoms with van der Waals surface area (Å²) in [5, 5.41) is 0. The Hall–Kier alpha value is -0.920. The van der Waals surface area contributed by atoms with E-state index in [-0.39, 0.29) is 6.10 Å². The zero-order chi connectivity index (χ0) is 6.41. The third-order valence-electron chi connectivity index (χ3n) is 0.774. The summed E-state index contributed by atoms with van der Waals surface area (Å²) in [4.78, 5) is 0. The first-order chi connectivity index (χ1) is 3.85. The highest BCUT2D eigenvalue weighted by Crippen LogP contribution is 1.90. The lowest BCUT2D eigenvalue weighted by Gasteiger charge is -2.00. The maximum Gasteiger partial charge on any atom is 0.128 e. The summed E-state index contributed by atoms with van der Waals surface area (Å²) in [7, 11) is 1.54. The van der Waals surface area contributed by atoms with E-state index in [1.165, 1.54) is 0 Å². The van der Waals surface area contributed by atoms with Crippen molar-refractivity contribution < 1.29 is 4.74 Å². The Morgan fingerprint density at radius 2 is 2.25 bits per heavy atom. The Kier molecular flexibility index (Phi) is 3.76. The van der Waals surface area contributed by atoms with Crippen LogP contribution in [0.25, 0.3) is 0 Å². The summed E-state index contributed by atoms with van der Waals surface area (Å²) in [5.41, 5.74) is 0. The van der Waals surface area contributed by atoms with Crippen LogP contribution in [0, 0.1) is 24.7 Å². The molecule has 1 heteroatoms. The molecule has 0 radical (unpaired) electrons. The predicted molar refractivity (Wildman–Crippen MR) is 33.1 cm³/mol. The number of hydrogen-bond acceptors (Lipinski definition) is 1. The molecular weight excluding hydrogens is 100 g/mol. The van der Waals surface area contributed by atoms with Crippen molar-refractivity contribution in [3.8, 4) is 24.7 Å². The Labute approximate surface area is 50.0 Å². The van der Waals surface area contributed by atoms with Gasteiger partial charge in [0, 0.05) is 13.5 Å². The molecule has 42 valence electrons. The SMILES string of the molecule is C#CCC(C#C)OC. The third-order valence-corrected chi connectivity index (χ3v) is 0.774. The maximum absolute atomic E-state index is 5.00. The van der Waals surface area contributed by atoms with Crippen LogP contribution in [0.5, 0.6) is 0 Å². The molecule has 1 unspecified atom stereocenters. The average molecular weight is 108 g/mol. The van der Waals surface area contributed by atoms with Gasteiger partial charge in [-0.2, -0.15) is 0 Å². The van der Waals surface area contributed by atoms with Crippen molar-refractivity contribution in [2.75, 3.05) is 7.11 Å². The molecule has 0 aliphatic carbocycles. The summed E-state index contributed by atoms with van der Waals surface area (Å²) < 4.78 is 4.76. The van der Waals surface area contributed by atoms with Gasteiger partial charge in [0.2, 0.25) is 0 Å². The molecule has 0 aromatic heterocycles. The fraction of sp³-hybridized carbons (Fsp3) is 0.429. The topological polar surface area (TPSA) is 9.23 Å². The molecule has 1 atom stereocenters. The molecule has 0 aromatic rings. The third kappa shape index (κ3) is 2.29. The lowest BCUT2D eigenvalue weighted by molar-refractivity contribution is 0.153. The van der Waals surface area contributed by atoms with Gasteiger partial charge in [0.05, 0.1) is 0 Å². The van der Waals surface area contributed by atoms with Gasteiger partial charge < -0.3 is 4.74 Å². The second-order valence-electron chi connectivity index (χ2n) is 1.30. The Bertz CT molecular complexity index is 124. The van der Waals surface area contributed by atoms with Gasteiger partial charge in [-0.1, -0.05) is 5.92 Å². The first kappa shape index (κ1) is 7.08. The first-order valence-electron chi connectivity index (χ1n) is 2.27. The van der Waals surface area contributed by atoms with Crippen LogP contribution in [0.2, 0.25) is 0 Å². The van der Waals surface area contributed by atoms with E-state index < -0.39 is 0 Å². The minimum Gasteiger partial charge on any atom is -0.368 e. The molecule has 1 nitrogen and oxygen atoms in total. The average Bonchev–Trinajstić information content (AvgIpc) is 1.83. The summed E-state index contributed by atoms with van der Waals surface area (Å²) in [6.45, 7) is 0. The predicted octanol–water partition coefficient (Wildman–Crippen LogP) is 0.658. The molecule has 0 heterocycles. The fourth-order valence-electron chi connectivity index (χ4n) is 0.317. The van der Waals surface area contributed by atoms with Crippen molar-refractivity contribution in [2.45, 2.75) is 12.5 Å². The molecule has 8 heavy (non-hydrogen) atoms. The fourth-order valence-corrected chi connectivity index (χ4v) is 0.317. The molecule has 0 amide bonds. The zero-order valence-electron chi connectivity index (χ0n) is 4.85. The van der Waals surface area contributed by atoms with Gasteiger partial charge in [0.1, 0.15) is 6.10 Å². The van der Waals surface area contributed by atoms with Crippen molar-refractivity contribution in [1.82, 2.24) is 0 Å². The number of rotatable bonds is 2. The van der Waals surface area contributed by atoms with E-state index in [1.54, 1.807) is 7.11 Å². The highest BCUT2D eigenvalue weighted by Gasteiger charge is 1.95. The molecule has 0 aliphatic heterocycles. The molecule has 0 spiro atoms. The largest absolute Gasteiger partial charge is 0.368 e. The van der Waals surface area contributed by atoms with Crippen molar-refractivity contribution in [3.05, 3.63) is 0 Å². The van der Waals surface area contributed by atoms with Gasteiger partial charge in [-0.15, -0.1) is 18.8 Å². The summed E-state index contributed by atoms with van der Waals surface area (Å²) in [6, 6.07) is 0. The van der Waals surface area contributed by atoms with Gasteiger partial charge in [0.15, 0.2) is 0 Å². The van der Waals surface area contributed by atoms with E-state index in [2.05, 4.69) is 11.8 Å². The summed E-state index contributed by atoms with van der Waals surface area (Å²) >= 11 is 0. The smallest absolute Gasteiger partial charge is 0.128 e. The molecule has 0 fully saturated rings. The zero-order valence-corrected chi connectivity index (χ0v) is 4.85. The number of terminal acetylenes is 2. The van der Waals surface area contributed by atoms with Gasteiger partial charge >= 0.3 is 0 Å². The second kappa shape index (κ2) is 4.24. The minimum absolute atomic E-state index is 0.208. The second-order valence-corrected chi connectivity index (χ2v) is 1.30. The number of ether oxygens (including phenoxy) is 1. The number of methoxy groups -OCH3 is 1. The molecule has 0 rings (SSSR count). The minimum atomic E-state index is -0.208. The summed E-state index contributed by atoms with van der Waals surface area (Å²) in [5.74, 6) is 4.79. The lowest BCUT2D eigenvalue weighted by Crippen LogP contribution is -2.04. The van der Waals surface area contributed by atoms with Crippen LogP contribution in [0.3, 0.4) is 0 Å². The molecule has 0 bridgehead atoms. The molecular formula is C7H8O. The van der Waals surface area contributed by atoms with Crippen LogP contribution in [0.4, 0.5) is 0 Å². The van der Waals surface area contributed by atoms with Gasteiger partial charge in [-0.05, 0) is 0 Å². The van der Waals surface area contributed by atoms with Crippen LogP contribution in [0.15, 0.2) is 0 Å². The molecule has 0 aliphatic rings. The van der Waals surface area contributed by atoms with Crippen LogP contribution in [-0.2, 0) is 4.74 Å². The Balaban J connectivity index is 3.45. The van der Waals surface area contributed by atoms with Crippen molar-refractivity contribution in [3.63, 3.8) is 0 Å². The van der Waals surface area contributed by atoms with Crippen LogP contribution >= 0.6 is 0 Å². The van der Waals surface area contributed by atoms with E-state index in [1.807, 2.05) is 0 Å². The van der Waals surface area contributed by atoms with Crippen molar-refractivity contribution in [2.24, 2.45) is 0 Å². The Morgan fingerprint density at radius 3 is 2.38 bits per heavy atom. The first-order valence-corrected chi connectivity index (χ1v) is 2.27. The van der Waals surface area contributed by atoms with Crippen LogP contribution in [0.1, 0.15) is 6.42 Å². The van der Waals surface area contributed by atoms with Gasteiger partial charge in [-0.25, -0.2) is 0 Å². The quantitative estimate of drug-likeness (QED) is 0.472.